The largest absolute Gasteiger partial charge is 0.507 e. The minimum absolute atomic E-state index is 0.0857. The molecule has 0 saturated heterocycles. The standard InChI is InChI=1S/C24H38O6/c1-5-6-7-8-9-10-11-12-13-14-20(30-18(2)25)15-19-16-21(28-3)17-22(26)23(19)24(27)29-4/h16-17,20,26H,5-15H2,1-4H3/t20-/m1/s1. The number of hydrogen-bond acceptors (Lipinski definition) is 6. The summed E-state index contributed by atoms with van der Waals surface area (Å²) in [5.41, 5.74) is 0.628. The summed E-state index contributed by atoms with van der Waals surface area (Å²) in [5, 5.41) is 10.3. The van der Waals surface area contributed by atoms with Gasteiger partial charge in [0.05, 0.1) is 14.2 Å². The zero-order valence-corrected chi connectivity index (χ0v) is 19.0. The number of rotatable bonds is 15. The van der Waals surface area contributed by atoms with E-state index in [1.54, 1.807) is 6.07 Å². The van der Waals surface area contributed by atoms with Crippen molar-refractivity contribution in [3.05, 3.63) is 23.3 Å². The maximum atomic E-state index is 12.2. The Morgan fingerprint density at radius 3 is 2.10 bits per heavy atom. The first-order valence-corrected chi connectivity index (χ1v) is 11.1. The Kier molecular flexibility index (Phi) is 12.6. The number of carbonyl (C=O) groups excluding carboxylic acids is 2. The van der Waals surface area contributed by atoms with Gasteiger partial charge < -0.3 is 19.3 Å². The lowest BCUT2D eigenvalue weighted by Gasteiger charge is -2.19. The summed E-state index contributed by atoms with van der Waals surface area (Å²) in [4.78, 5) is 23.7. The zero-order valence-electron chi connectivity index (χ0n) is 19.0. The molecule has 0 amide bonds. The van der Waals surface area contributed by atoms with Crippen molar-refractivity contribution in [2.75, 3.05) is 14.2 Å². The second-order valence-electron chi connectivity index (χ2n) is 7.72. The van der Waals surface area contributed by atoms with E-state index in [1.807, 2.05) is 0 Å². The third kappa shape index (κ3) is 9.51. The fraction of sp³-hybridized carbons (Fsp3) is 0.667. The van der Waals surface area contributed by atoms with E-state index in [-0.39, 0.29) is 23.4 Å². The highest BCUT2D eigenvalue weighted by Gasteiger charge is 2.23. The molecule has 0 spiro atoms. The minimum Gasteiger partial charge on any atom is -0.507 e. The second-order valence-corrected chi connectivity index (χ2v) is 7.72. The third-order valence-electron chi connectivity index (χ3n) is 5.21. The Balaban J connectivity index is 2.68. The van der Waals surface area contributed by atoms with Crippen molar-refractivity contribution in [1.29, 1.82) is 0 Å². The normalized spacial score (nSPS) is 11.7. The van der Waals surface area contributed by atoms with E-state index in [1.165, 1.54) is 72.2 Å². The van der Waals surface area contributed by atoms with E-state index in [0.29, 0.717) is 24.2 Å². The highest BCUT2D eigenvalue weighted by molar-refractivity contribution is 5.94. The molecule has 0 fully saturated rings. The number of unbranched alkanes of at least 4 members (excludes halogenated alkanes) is 8. The fourth-order valence-corrected chi connectivity index (χ4v) is 3.64. The van der Waals surface area contributed by atoms with Crippen molar-refractivity contribution in [3.63, 3.8) is 0 Å². The molecular weight excluding hydrogens is 384 g/mol. The van der Waals surface area contributed by atoms with E-state index < -0.39 is 5.97 Å². The number of benzene rings is 1. The van der Waals surface area contributed by atoms with Crippen molar-refractivity contribution in [2.24, 2.45) is 0 Å². The van der Waals surface area contributed by atoms with Gasteiger partial charge in [-0.3, -0.25) is 4.79 Å². The van der Waals surface area contributed by atoms with Crippen LogP contribution in [-0.4, -0.2) is 37.4 Å². The van der Waals surface area contributed by atoms with E-state index in [0.717, 1.165) is 12.8 Å². The topological polar surface area (TPSA) is 82.1 Å². The summed E-state index contributed by atoms with van der Waals surface area (Å²) in [7, 11) is 2.75. The number of ether oxygens (including phenoxy) is 3. The number of phenolic OH excluding ortho intramolecular Hbond substituents is 1. The maximum Gasteiger partial charge on any atom is 0.341 e. The summed E-state index contributed by atoms with van der Waals surface area (Å²) < 4.78 is 15.5. The molecule has 0 unspecified atom stereocenters. The summed E-state index contributed by atoms with van der Waals surface area (Å²) in [6.07, 6.45) is 11.6. The van der Waals surface area contributed by atoms with Gasteiger partial charge in [0.1, 0.15) is 23.2 Å². The molecule has 0 saturated carbocycles. The van der Waals surface area contributed by atoms with Gasteiger partial charge in [0, 0.05) is 19.4 Å². The van der Waals surface area contributed by atoms with Gasteiger partial charge in [0.15, 0.2) is 0 Å². The Morgan fingerprint density at radius 1 is 0.967 bits per heavy atom. The van der Waals surface area contributed by atoms with Crippen molar-refractivity contribution in [1.82, 2.24) is 0 Å². The summed E-state index contributed by atoms with van der Waals surface area (Å²) in [5.74, 6) is -0.766. The fourth-order valence-electron chi connectivity index (χ4n) is 3.64. The SMILES string of the molecule is CCCCCCCCCCC[C@H](Cc1cc(OC)cc(O)c1C(=O)OC)OC(C)=O. The Morgan fingerprint density at radius 2 is 1.57 bits per heavy atom. The predicted octanol–water partition coefficient (Wildman–Crippen LogP) is 5.58. The van der Waals surface area contributed by atoms with E-state index >= 15 is 0 Å². The summed E-state index contributed by atoms with van der Waals surface area (Å²) in [6, 6.07) is 3.05. The molecule has 0 heterocycles. The molecule has 1 aromatic rings. The molecule has 0 aliphatic heterocycles. The quantitative estimate of drug-likeness (QED) is 0.293. The highest BCUT2D eigenvalue weighted by atomic mass is 16.5. The van der Waals surface area contributed by atoms with Crippen LogP contribution in [0.3, 0.4) is 0 Å². The lowest BCUT2D eigenvalue weighted by Crippen LogP contribution is -2.21. The van der Waals surface area contributed by atoms with E-state index in [9.17, 15) is 14.7 Å². The van der Waals surface area contributed by atoms with E-state index in [2.05, 4.69) is 6.92 Å². The van der Waals surface area contributed by atoms with Gasteiger partial charge in [-0.05, 0) is 24.5 Å². The first-order chi connectivity index (χ1) is 14.4. The first-order valence-electron chi connectivity index (χ1n) is 11.1. The van der Waals surface area contributed by atoms with Crippen LogP contribution in [0.5, 0.6) is 11.5 Å². The molecule has 1 rings (SSSR count). The van der Waals surface area contributed by atoms with Crippen LogP contribution in [0.2, 0.25) is 0 Å². The number of hydrogen-bond donors (Lipinski definition) is 1. The molecule has 30 heavy (non-hydrogen) atoms. The summed E-state index contributed by atoms with van der Waals surface area (Å²) in [6.45, 7) is 3.61. The van der Waals surface area contributed by atoms with Crippen LogP contribution in [0.1, 0.15) is 94.0 Å². The van der Waals surface area contributed by atoms with Crippen LogP contribution in [0, 0.1) is 0 Å². The molecular formula is C24H38O6. The molecule has 6 nitrogen and oxygen atoms in total. The van der Waals surface area contributed by atoms with Crippen molar-refractivity contribution in [2.45, 2.75) is 90.6 Å². The highest BCUT2D eigenvalue weighted by Crippen LogP contribution is 2.30. The van der Waals surface area contributed by atoms with Gasteiger partial charge in [0.25, 0.3) is 0 Å². The Labute approximate surface area is 180 Å². The minimum atomic E-state index is -0.630. The third-order valence-corrected chi connectivity index (χ3v) is 5.21. The average molecular weight is 423 g/mol. The van der Waals surface area contributed by atoms with Crippen LogP contribution in [-0.2, 0) is 20.7 Å². The predicted molar refractivity (Wildman–Crippen MR) is 117 cm³/mol. The Hall–Kier alpha value is -2.24. The molecule has 6 heteroatoms. The number of phenols is 1. The maximum absolute atomic E-state index is 12.2. The van der Waals surface area contributed by atoms with E-state index in [4.69, 9.17) is 14.2 Å². The molecule has 0 radical (unpaired) electrons. The van der Waals surface area contributed by atoms with Crippen LogP contribution in [0.4, 0.5) is 0 Å². The molecule has 0 bridgehead atoms. The van der Waals surface area contributed by atoms with Crippen molar-refractivity contribution >= 4 is 11.9 Å². The molecule has 170 valence electrons. The van der Waals surface area contributed by atoms with Gasteiger partial charge in [0.2, 0.25) is 0 Å². The van der Waals surface area contributed by atoms with Crippen LogP contribution in [0.25, 0.3) is 0 Å². The smallest absolute Gasteiger partial charge is 0.341 e. The summed E-state index contributed by atoms with van der Waals surface area (Å²) >= 11 is 0. The molecule has 0 aliphatic rings. The lowest BCUT2D eigenvalue weighted by atomic mass is 9.96. The monoisotopic (exact) mass is 422 g/mol. The first kappa shape index (κ1) is 25.8. The molecule has 1 atom stereocenters. The number of carbonyl (C=O) groups is 2. The van der Waals surface area contributed by atoms with Gasteiger partial charge in [-0.15, -0.1) is 0 Å². The number of methoxy groups -OCH3 is 2. The van der Waals surface area contributed by atoms with Crippen LogP contribution >= 0.6 is 0 Å². The van der Waals surface area contributed by atoms with Gasteiger partial charge >= 0.3 is 11.9 Å². The van der Waals surface area contributed by atoms with Crippen LogP contribution < -0.4 is 4.74 Å². The average Bonchev–Trinajstić information content (AvgIpc) is 2.71. The molecule has 0 aliphatic carbocycles. The van der Waals surface area contributed by atoms with Crippen molar-refractivity contribution < 1.29 is 28.9 Å². The van der Waals surface area contributed by atoms with Gasteiger partial charge in [-0.1, -0.05) is 58.3 Å². The molecule has 1 aromatic carbocycles. The van der Waals surface area contributed by atoms with Crippen LogP contribution in [0.15, 0.2) is 12.1 Å². The van der Waals surface area contributed by atoms with Gasteiger partial charge in [-0.25, -0.2) is 4.79 Å². The zero-order chi connectivity index (χ0) is 22.4. The number of aromatic hydroxyl groups is 1. The molecule has 1 N–H and O–H groups in total. The van der Waals surface area contributed by atoms with Gasteiger partial charge in [-0.2, -0.15) is 0 Å². The van der Waals surface area contributed by atoms with Crippen molar-refractivity contribution in [3.8, 4) is 11.5 Å². The lowest BCUT2D eigenvalue weighted by molar-refractivity contribution is -0.146. The number of esters is 2. The second kappa shape index (κ2) is 14.7. The Bertz CT molecular complexity index is 655. The molecule has 0 aromatic heterocycles.